The number of aryl methyl sites for hydroxylation is 1. The van der Waals surface area contributed by atoms with E-state index < -0.39 is 0 Å². The van der Waals surface area contributed by atoms with E-state index in [0.29, 0.717) is 24.5 Å². The highest BCUT2D eigenvalue weighted by molar-refractivity contribution is 5.89. The highest BCUT2D eigenvalue weighted by Gasteiger charge is 2.29. The Bertz CT molecular complexity index is 554. The minimum Gasteiger partial charge on any atom is -0.360 e. The molecular weight excluding hydrogens is 296 g/mol. The number of piperazine rings is 1. The number of aromatic nitrogens is 1. The number of nitrogens with one attached hydrogen (secondary N) is 1. The van der Waals surface area contributed by atoms with Gasteiger partial charge in [0.05, 0.1) is 0 Å². The lowest BCUT2D eigenvalue weighted by Crippen LogP contribution is -2.51. The molecule has 1 aromatic heterocycles. The third-order valence-corrected chi connectivity index (χ3v) is 3.85. The molecule has 1 aliphatic heterocycles. The molecule has 23 heavy (non-hydrogen) atoms. The second kappa shape index (κ2) is 7.12. The summed E-state index contributed by atoms with van der Waals surface area (Å²) >= 11 is 0. The molecule has 0 spiro atoms. The van der Waals surface area contributed by atoms with Gasteiger partial charge >= 0.3 is 0 Å². The van der Waals surface area contributed by atoms with Gasteiger partial charge in [-0.15, -0.1) is 0 Å². The van der Waals surface area contributed by atoms with Gasteiger partial charge in [0, 0.05) is 50.6 Å². The standard InChI is InChI=1S/C16H26N4O3/c1-12-11-13(18-23-12)17-14(21)5-6-19-7-9-20(10-8-19)15(22)16(2,3)4/h11H,5-10H2,1-4H3,(H,17,18,21). The lowest BCUT2D eigenvalue weighted by atomic mass is 9.94. The van der Waals surface area contributed by atoms with Crippen molar-refractivity contribution in [2.24, 2.45) is 5.41 Å². The summed E-state index contributed by atoms with van der Waals surface area (Å²) < 4.78 is 4.91. The molecule has 2 rings (SSSR count). The zero-order valence-electron chi connectivity index (χ0n) is 14.4. The molecule has 2 heterocycles. The Kier molecular flexibility index (Phi) is 5.41. The summed E-state index contributed by atoms with van der Waals surface area (Å²) in [5.41, 5.74) is -0.336. The van der Waals surface area contributed by atoms with Gasteiger partial charge in [0.25, 0.3) is 0 Å². The zero-order valence-corrected chi connectivity index (χ0v) is 14.4. The van der Waals surface area contributed by atoms with Crippen LogP contribution in [0.1, 0.15) is 33.0 Å². The van der Waals surface area contributed by atoms with E-state index in [1.165, 1.54) is 0 Å². The number of anilines is 1. The summed E-state index contributed by atoms with van der Waals surface area (Å²) in [7, 11) is 0. The molecule has 128 valence electrons. The molecule has 1 N–H and O–H groups in total. The monoisotopic (exact) mass is 322 g/mol. The Hall–Kier alpha value is -1.89. The van der Waals surface area contributed by atoms with Gasteiger partial charge in [-0.25, -0.2) is 0 Å². The number of hydrogen-bond donors (Lipinski definition) is 1. The molecule has 0 bridgehead atoms. The van der Waals surface area contributed by atoms with Crippen molar-refractivity contribution in [3.8, 4) is 0 Å². The van der Waals surface area contributed by atoms with E-state index in [9.17, 15) is 9.59 Å². The summed E-state index contributed by atoms with van der Waals surface area (Å²) in [4.78, 5) is 28.2. The van der Waals surface area contributed by atoms with Crippen LogP contribution in [0.3, 0.4) is 0 Å². The molecule has 2 amide bonds. The van der Waals surface area contributed by atoms with Crippen LogP contribution in [-0.4, -0.2) is 59.5 Å². The van der Waals surface area contributed by atoms with Gasteiger partial charge in [0.1, 0.15) is 5.76 Å². The van der Waals surface area contributed by atoms with E-state index in [1.54, 1.807) is 13.0 Å². The van der Waals surface area contributed by atoms with Crippen LogP contribution in [0.15, 0.2) is 10.6 Å². The van der Waals surface area contributed by atoms with Gasteiger partial charge in [-0.1, -0.05) is 25.9 Å². The van der Waals surface area contributed by atoms with E-state index >= 15 is 0 Å². The fraction of sp³-hybridized carbons (Fsp3) is 0.688. The molecule has 1 aliphatic rings. The van der Waals surface area contributed by atoms with E-state index in [-0.39, 0.29) is 17.2 Å². The summed E-state index contributed by atoms with van der Waals surface area (Å²) in [6.07, 6.45) is 0.402. The average molecular weight is 322 g/mol. The van der Waals surface area contributed by atoms with Crippen molar-refractivity contribution < 1.29 is 14.1 Å². The number of rotatable bonds is 4. The van der Waals surface area contributed by atoms with E-state index in [2.05, 4.69) is 15.4 Å². The normalized spacial score (nSPS) is 16.4. The maximum Gasteiger partial charge on any atom is 0.228 e. The Morgan fingerprint density at radius 2 is 1.91 bits per heavy atom. The second-order valence-electron chi connectivity index (χ2n) is 7.00. The lowest BCUT2D eigenvalue weighted by Gasteiger charge is -2.37. The van der Waals surface area contributed by atoms with Crippen LogP contribution in [0.4, 0.5) is 5.82 Å². The molecule has 0 unspecified atom stereocenters. The molecule has 0 saturated carbocycles. The third-order valence-electron chi connectivity index (χ3n) is 3.85. The van der Waals surface area contributed by atoms with Crippen LogP contribution < -0.4 is 5.32 Å². The fourth-order valence-electron chi connectivity index (χ4n) is 2.54. The quantitative estimate of drug-likeness (QED) is 0.909. The molecule has 1 saturated heterocycles. The van der Waals surface area contributed by atoms with Crippen LogP contribution in [0.2, 0.25) is 0 Å². The van der Waals surface area contributed by atoms with Crippen LogP contribution in [0.25, 0.3) is 0 Å². The minimum atomic E-state index is -0.336. The fourth-order valence-corrected chi connectivity index (χ4v) is 2.54. The maximum atomic E-state index is 12.2. The zero-order chi connectivity index (χ0) is 17.0. The third kappa shape index (κ3) is 5.06. The minimum absolute atomic E-state index is 0.0773. The molecule has 0 aliphatic carbocycles. The summed E-state index contributed by atoms with van der Waals surface area (Å²) in [5, 5.41) is 6.45. The van der Waals surface area contributed by atoms with Gasteiger partial charge in [0.15, 0.2) is 5.82 Å². The average Bonchev–Trinajstić information content (AvgIpc) is 2.89. The first-order chi connectivity index (χ1) is 10.8. The first-order valence-corrected chi connectivity index (χ1v) is 8.00. The number of carbonyl (C=O) groups is 2. The first kappa shape index (κ1) is 17.5. The van der Waals surface area contributed by atoms with E-state index in [1.807, 2.05) is 25.7 Å². The Morgan fingerprint density at radius 3 is 2.43 bits per heavy atom. The summed E-state index contributed by atoms with van der Waals surface area (Å²) in [6.45, 7) is 11.3. The predicted molar refractivity (Wildman–Crippen MR) is 87.0 cm³/mol. The molecule has 7 heteroatoms. The SMILES string of the molecule is Cc1cc(NC(=O)CCN2CCN(C(=O)C(C)(C)C)CC2)no1. The smallest absolute Gasteiger partial charge is 0.228 e. The lowest BCUT2D eigenvalue weighted by molar-refractivity contribution is -0.141. The predicted octanol–water partition coefficient (Wildman–Crippen LogP) is 1.50. The maximum absolute atomic E-state index is 12.2. The highest BCUT2D eigenvalue weighted by Crippen LogP contribution is 2.18. The highest BCUT2D eigenvalue weighted by atomic mass is 16.5. The van der Waals surface area contributed by atoms with Gasteiger partial charge < -0.3 is 14.7 Å². The van der Waals surface area contributed by atoms with Crippen LogP contribution in [0.5, 0.6) is 0 Å². The van der Waals surface area contributed by atoms with Crippen molar-refractivity contribution in [3.63, 3.8) is 0 Å². The van der Waals surface area contributed by atoms with Crippen LogP contribution in [-0.2, 0) is 9.59 Å². The molecule has 0 aromatic carbocycles. The van der Waals surface area contributed by atoms with Crippen LogP contribution in [0, 0.1) is 12.3 Å². The van der Waals surface area contributed by atoms with Gasteiger partial charge in [-0.3, -0.25) is 14.5 Å². The van der Waals surface area contributed by atoms with Gasteiger partial charge in [0.2, 0.25) is 11.8 Å². The summed E-state index contributed by atoms with van der Waals surface area (Å²) in [5.74, 6) is 1.23. The van der Waals surface area contributed by atoms with Gasteiger partial charge in [-0.2, -0.15) is 0 Å². The summed E-state index contributed by atoms with van der Waals surface area (Å²) in [6, 6.07) is 1.69. The number of amides is 2. The molecule has 1 fully saturated rings. The molecule has 0 radical (unpaired) electrons. The molecule has 7 nitrogen and oxygen atoms in total. The number of hydrogen-bond acceptors (Lipinski definition) is 5. The molecule has 0 atom stereocenters. The second-order valence-corrected chi connectivity index (χ2v) is 7.00. The Labute approximate surface area is 137 Å². The van der Waals surface area contributed by atoms with Crippen molar-refractivity contribution in [2.45, 2.75) is 34.1 Å². The largest absolute Gasteiger partial charge is 0.360 e. The van der Waals surface area contributed by atoms with Crippen LogP contribution >= 0.6 is 0 Å². The molecule has 1 aromatic rings. The van der Waals surface area contributed by atoms with E-state index in [4.69, 9.17) is 4.52 Å². The first-order valence-electron chi connectivity index (χ1n) is 8.00. The number of nitrogens with zero attached hydrogens (tertiary/aromatic N) is 3. The van der Waals surface area contributed by atoms with E-state index in [0.717, 1.165) is 26.2 Å². The van der Waals surface area contributed by atoms with Crippen molar-refractivity contribution in [2.75, 3.05) is 38.0 Å². The van der Waals surface area contributed by atoms with Crippen molar-refractivity contribution in [1.82, 2.24) is 15.0 Å². The Morgan fingerprint density at radius 1 is 1.26 bits per heavy atom. The van der Waals surface area contributed by atoms with Gasteiger partial charge in [-0.05, 0) is 6.92 Å². The van der Waals surface area contributed by atoms with Crippen molar-refractivity contribution in [3.05, 3.63) is 11.8 Å². The number of carbonyl (C=O) groups excluding carboxylic acids is 2. The molecular formula is C16H26N4O3. The van der Waals surface area contributed by atoms with Crippen molar-refractivity contribution >= 4 is 17.6 Å². The van der Waals surface area contributed by atoms with Crippen molar-refractivity contribution in [1.29, 1.82) is 0 Å². The topological polar surface area (TPSA) is 78.7 Å². The Balaban J connectivity index is 1.70.